The predicted octanol–water partition coefficient (Wildman–Crippen LogP) is 1.32. The second-order valence-electron chi connectivity index (χ2n) is 4.39. The van der Waals surface area contributed by atoms with Crippen LogP contribution in [0.2, 0.25) is 0 Å². The Bertz CT molecular complexity index is 537. The summed E-state index contributed by atoms with van der Waals surface area (Å²) >= 11 is 0. The first kappa shape index (κ1) is 12.0. The van der Waals surface area contributed by atoms with E-state index in [1.807, 2.05) is 19.9 Å². The fourth-order valence-electron chi connectivity index (χ4n) is 1.62. The molecule has 1 aromatic heterocycles. The van der Waals surface area contributed by atoms with E-state index in [0.29, 0.717) is 11.7 Å². The average molecular weight is 253 g/mol. The van der Waals surface area contributed by atoms with E-state index >= 15 is 0 Å². The van der Waals surface area contributed by atoms with Crippen molar-refractivity contribution in [1.29, 1.82) is 0 Å². The molecule has 0 saturated carbocycles. The van der Waals surface area contributed by atoms with Crippen molar-refractivity contribution in [1.82, 2.24) is 9.97 Å². The number of rotatable bonds is 3. The van der Waals surface area contributed by atoms with E-state index in [1.54, 1.807) is 6.08 Å². The van der Waals surface area contributed by atoms with Gasteiger partial charge >= 0.3 is 0 Å². The summed E-state index contributed by atoms with van der Waals surface area (Å²) in [6.07, 6.45) is 3.14. The zero-order chi connectivity index (χ0) is 12.5. The number of aromatic nitrogens is 2. The van der Waals surface area contributed by atoms with Crippen molar-refractivity contribution in [2.24, 2.45) is 0 Å². The van der Waals surface area contributed by atoms with Crippen LogP contribution in [0.15, 0.2) is 23.9 Å². The largest absolute Gasteiger partial charge is 0.363 e. The molecule has 1 aromatic rings. The maximum atomic E-state index is 11.2. The van der Waals surface area contributed by atoms with Crippen LogP contribution in [-0.2, 0) is 9.84 Å². The zero-order valence-electron chi connectivity index (χ0n) is 9.79. The first-order valence-electron chi connectivity index (χ1n) is 5.46. The van der Waals surface area contributed by atoms with Crippen molar-refractivity contribution in [3.63, 3.8) is 0 Å². The Labute approximate surface area is 101 Å². The van der Waals surface area contributed by atoms with Crippen LogP contribution in [-0.4, -0.2) is 30.2 Å². The third kappa shape index (κ3) is 3.03. The van der Waals surface area contributed by atoms with Crippen LogP contribution in [0, 0.1) is 0 Å². The van der Waals surface area contributed by atoms with Gasteiger partial charge in [0.1, 0.15) is 12.1 Å². The first-order chi connectivity index (χ1) is 7.96. The van der Waals surface area contributed by atoms with Gasteiger partial charge in [-0.3, -0.25) is 0 Å². The van der Waals surface area contributed by atoms with Gasteiger partial charge in [0, 0.05) is 17.2 Å². The van der Waals surface area contributed by atoms with Crippen LogP contribution in [0.4, 0.5) is 5.82 Å². The molecule has 2 rings (SSSR count). The molecular formula is C11H15N3O2S. The van der Waals surface area contributed by atoms with E-state index in [9.17, 15) is 8.42 Å². The maximum absolute atomic E-state index is 11.2. The molecule has 0 saturated heterocycles. The molecule has 0 aliphatic carbocycles. The second-order valence-corrected chi connectivity index (χ2v) is 6.32. The van der Waals surface area contributed by atoms with Gasteiger partial charge in [-0.1, -0.05) is 13.8 Å². The average Bonchev–Trinajstić information content (AvgIpc) is 2.58. The zero-order valence-corrected chi connectivity index (χ0v) is 10.6. The third-order valence-corrected chi connectivity index (χ3v) is 3.94. The summed E-state index contributed by atoms with van der Waals surface area (Å²) in [7, 11) is -3.03. The minimum Gasteiger partial charge on any atom is -0.363 e. The van der Waals surface area contributed by atoms with E-state index in [2.05, 4.69) is 15.3 Å². The van der Waals surface area contributed by atoms with Gasteiger partial charge in [0.25, 0.3) is 0 Å². The number of hydrogen-bond acceptors (Lipinski definition) is 5. The second kappa shape index (κ2) is 4.44. The van der Waals surface area contributed by atoms with Crippen LogP contribution in [0.3, 0.4) is 0 Å². The highest BCUT2D eigenvalue weighted by Crippen LogP contribution is 2.16. The SMILES string of the molecule is CC(C)c1cc(N[C@@H]2C=CS(=O)(=O)C2)ncn1. The molecule has 0 unspecified atom stereocenters. The fourth-order valence-corrected chi connectivity index (χ4v) is 2.86. The molecule has 1 atom stereocenters. The first-order valence-corrected chi connectivity index (χ1v) is 7.17. The summed E-state index contributed by atoms with van der Waals surface area (Å²) < 4.78 is 22.5. The van der Waals surface area contributed by atoms with Gasteiger partial charge in [0.2, 0.25) is 0 Å². The molecule has 1 aliphatic heterocycles. The van der Waals surface area contributed by atoms with Gasteiger partial charge in [-0.2, -0.15) is 0 Å². The van der Waals surface area contributed by atoms with E-state index in [-0.39, 0.29) is 11.8 Å². The van der Waals surface area contributed by atoms with Gasteiger partial charge in [0.05, 0.1) is 11.8 Å². The third-order valence-electron chi connectivity index (χ3n) is 2.54. The Morgan fingerprint density at radius 2 is 2.18 bits per heavy atom. The van der Waals surface area contributed by atoms with Gasteiger partial charge < -0.3 is 5.32 Å². The van der Waals surface area contributed by atoms with Crippen molar-refractivity contribution >= 4 is 15.7 Å². The van der Waals surface area contributed by atoms with Crippen molar-refractivity contribution in [3.05, 3.63) is 29.6 Å². The Hall–Kier alpha value is -1.43. The highest BCUT2D eigenvalue weighted by Gasteiger charge is 2.21. The van der Waals surface area contributed by atoms with Crippen LogP contribution in [0.25, 0.3) is 0 Å². The van der Waals surface area contributed by atoms with Gasteiger partial charge in [-0.15, -0.1) is 0 Å². The van der Waals surface area contributed by atoms with E-state index in [4.69, 9.17) is 0 Å². The Morgan fingerprint density at radius 3 is 2.76 bits per heavy atom. The summed E-state index contributed by atoms with van der Waals surface area (Å²) in [4.78, 5) is 8.24. The normalized spacial score (nSPS) is 21.9. The fraction of sp³-hybridized carbons (Fsp3) is 0.455. The summed E-state index contributed by atoms with van der Waals surface area (Å²) in [5.41, 5.74) is 0.937. The highest BCUT2D eigenvalue weighted by molar-refractivity contribution is 7.94. The van der Waals surface area contributed by atoms with Crippen molar-refractivity contribution in [2.45, 2.75) is 25.8 Å². The summed E-state index contributed by atoms with van der Waals surface area (Å²) in [6.45, 7) is 4.10. The molecule has 5 nitrogen and oxygen atoms in total. The molecule has 1 N–H and O–H groups in total. The highest BCUT2D eigenvalue weighted by atomic mass is 32.2. The molecule has 0 amide bonds. The molecular weight excluding hydrogens is 238 g/mol. The lowest BCUT2D eigenvalue weighted by atomic mass is 10.1. The number of nitrogens with zero attached hydrogens (tertiary/aromatic N) is 2. The van der Waals surface area contributed by atoms with E-state index in [0.717, 1.165) is 5.69 Å². The van der Waals surface area contributed by atoms with Crippen molar-refractivity contribution in [3.8, 4) is 0 Å². The molecule has 0 bridgehead atoms. The van der Waals surface area contributed by atoms with Crippen molar-refractivity contribution < 1.29 is 8.42 Å². The number of anilines is 1. The lowest BCUT2D eigenvalue weighted by Gasteiger charge is -2.12. The molecule has 92 valence electrons. The molecule has 0 radical (unpaired) electrons. The van der Waals surface area contributed by atoms with Crippen molar-refractivity contribution in [2.75, 3.05) is 11.1 Å². The summed E-state index contributed by atoms with van der Waals surface area (Å²) in [6, 6.07) is 1.65. The number of hydrogen-bond donors (Lipinski definition) is 1. The van der Waals surface area contributed by atoms with Gasteiger partial charge in [-0.25, -0.2) is 18.4 Å². The Kier molecular flexibility index (Phi) is 3.15. The summed E-state index contributed by atoms with van der Waals surface area (Å²) in [5.74, 6) is 1.07. The minimum atomic E-state index is -3.03. The predicted molar refractivity (Wildman–Crippen MR) is 66.5 cm³/mol. The monoisotopic (exact) mass is 253 g/mol. The number of nitrogens with one attached hydrogen (secondary N) is 1. The topological polar surface area (TPSA) is 72.0 Å². The smallest absolute Gasteiger partial charge is 0.173 e. The van der Waals surface area contributed by atoms with Crippen LogP contribution >= 0.6 is 0 Å². The summed E-state index contributed by atoms with van der Waals surface area (Å²) in [5, 5.41) is 4.32. The van der Waals surface area contributed by atoms with Crippen LogP contribution in [0.1, 0.15) is 25.5 Å². The molecule has 2 heterocycles. The molecule has 0 spiro atoms. The molecule has 0 fully saturated rings. The van der Waals surface area contributed by atoms with E-state index in [1.165, 1.54) is 11.7 Å². The van der Waals surface area contributed by atoms with Crippen LogP contribution < -0.4 is 5.32 Å². The Morgan fingerprint density at radius 1 is 1.41 bits per heavy atom. The van der Waals surface area contributed by atoms with Gasteiger partial charge in [0.15, 0.2) is 9.84 Å². The molecule has 17 heavy (non-hydrogen) atoms. The Balaban J connectivity index is 2.10. The minimum absolute atomic E-state index is 0.0913. The molecule has 1 aliphatic rings. The molecule has 0 aromatic carbocycles. The lowest BCUT2D eigenvalue weighted by Crippen LogP contribution is -2.21. The van der Waals surface area contributed by atoms with Crippen LogP contribution in [0.5, 0.6) is 0 Å². The lowest BCUT2D eigenvalue weighted by molar-refractivity contribution is 0.605. The van der Waals surface area contributed by atoms with Gasteiger partial charge in [-0.05, 0) is 12.0 Å². The quantitative estimate of drug-likeness (QED) is 0.879. The van der Waals surface area contributed by atoms with E-state index < -0.39 is 9.84 Å². The standard InChI is InChI=1S/C11H15N3O2S/c1-8(2)10-5-11(13-7-12-10)14-9-3-4-17(15,16)6-9/h3-5,7-9H,6H2,1-2H3,(H,12,13,14)/t9-/m1/s1. The number of sulfone groups is 1. The molecule has 6 heteroatoms. The maximum Gasteiger partial charge on any atom is 0.173 e.